The normalized spacial score (nSPS) is 12.3. The monoisotopic (exact) mass is 285 g/mol. The quantitative estimate of drug-likeness (QED) is 0.827. The van der Waals surface area contributed by atoms with Crippen LogP contribution in [0.5, 0.6) is 0 Å². The fraction of sp³-hybridized carbons (Fsp3) is 0.538. The van der Waals surface area contributed by atoms with Gasteiger partial charge in [0.2, 0.25) is 5.91 Å². The van der Waals surface area contributed by atoms with Crippen molar-refractivity contribution in [2.45, 2.75) is 19.9 Å². The number of hydrogen-bond acceptors (Lipinski definition) is 4. The Bertz CT molecular complexity index is 409. The third-order valence-electron chi connectivity index (χ3n) is 2.83. The predicted octanol–water partition coefficient (Wildman–Crippen LogP) is 1.30. The largest absolute Gasteiger partial charge is 0.394 e. The van der Waals surface area contributed by atoms with E-state index in [4.69, 9.17) is 11.6 Å². The number of aromatic nitrogens is 1. The van der Waals surface area contributed by atoms with E-state index in [0.717, 1.165) is 0 Å². The van der Waals surface area contributed by atoms with Crippen molar-refractivity contribution in [3.63, 3.8) is 0 Å². The first-order valence-corrected chi connectivity index (χ1v) is 6.54. The lowest BCUT2D eigenvalue weighted by molar-refractivity contribution is -0.121. The van der Waals surface area contributed by atoms with Gasteiger partial charge in [-0.1, -0.05) is 25.4 Å². The average molecular weight is 286 g/mol. The van der Waals surface area contributed by atoms with Crippen LogP contribution in [-0.4, -0.2) is 42.2 Å². The molecule has 5 nitrogen and oxygen atoms in total. The highest BCUT2D eigenvalue weighted by molar-refractivity contribution is 6.30. The molecule has 106 valence electrons. The van der Waals surface area contributed by atoms with Crippen LogP contribution in [0.25, 0.3) is 0 Å². The van der Waals surface area contributed by atoms with E-state index >= 15 is 0 Å². The summed E-state index contributed by atoms with van der Waals surface area (Å²) >= 11 is 5.76. The van der Waals surface area contributed by atoms with Crippen molar-refractivity contribution in [2.24, 2.45) is 5.92 Å². The van der Waals surface area contributed by atoms with Crippen molar-refractivity contribution in [3.05, 3.63) is 23.4 Å². The summed E-state index contributed by atoms with van der Waals surface area (Å²) in [5.74, 6) is 0.713. The molecule has 0 bridgehead atoms. The molecular weight excluding hydrogens is 266 g/mol. The number of pyridine rings is 1. The SMILES string of the molecule is CC(C)[C@@H](CO)NC(=O)CN(C)c1ccc(Cl)cn1. The highest BCUT2D eigenvalue weighted by Crippen LogP contribution is 2.12. The molecule has 1 aromatic rings. The molecule has 19 heavy (non-hydrogen) atoms. The molecule has 0 aromatic carbocycles. The minimum absolute atomic E-state index is 0.0632. The number of anilines is 1. The second kappa shape index (κ2) is 7.31. The summed E-state index contributed by atoms with van der Waals surface area (Å²) in [6.45, 7) is 4.02. The number of hydrogen-bond donors (Lipinski definition) is 2. The Labute approximate surface area is 118 Å². The fourth-order valence-electron chi connectivity index (χ4n) is 1.57. The van der Waals surface area contributed by atoms with Crippen molar-refractivity contribution in [2.75, 3.05) is 25.1 Å². The number of likely N-dealkylation sites (N-methyl/N-ethyl adjacent to an activating group) is 1. The van der Waals surface area contributed by atoms with E-state index in [0.29, 0.717) is 10.8 Å². The molecule has 0 aliphatic carbocycles. The second-order valence-electron chi connectivity index (χ2n) is 4.79. The summed E-state index contributed by atoms with van der Waals surface area (Å²) in [6, 6.07) is 3.25. The summed E-state index contributed by atoms with van der Waals surface area (Å²) in [5.41, 5.74) is 0. The molecule has 0 saturated heterocycles. The summed E-state index contributed by atoms with van der Waals surface area (Å²) in [5, 5.41) is 12.5. The van der Waals surface area contributed by atoms with E-state index in [1.165, 1.54) is 6.20 Å². The maximum atomic E-state index is 11.8. The maximum Gasteiger partial charge on any atom is 0.239 e. The number of aliphatic hydroxyl groups excluding tert-OH is 1. The van der Waals surface area contributed by atoms with Gasteiger partial charge in [0.25, 0.3) is 0 Å². The smallest absolute Gasteiger partial charge is 0.239 e. The van der Waals surface area contributed by atoms with Crippen LogP contribution in [-0.2, 0) is 4.79 Å². The molecule has 1 atom stereocenters. The van der Waals surface area contributed by atoms with E-state index < -0.39 is 0 Å². The van der Waals surface area contributed by atoms with Crippen LogP contribution in [0, 0.1) is 5.92 Å². The molecule has 1 rings (SSSR count). The van der Waals surface area contributed by atoms with Gasteiger partial charge in [-0.05, 0) is 18.1 Å². The van der Waals surface area contributed by atoms with Gasteiger partial charge in [-0.15, -0.1) is 0 Å². The summed E-state index contributed by atoms with van der Waals surface area (Å²) < 4.78 is 0. The molecule has 0 radical (unpaired) electrons. The lowest BCUT2D eigenvalue weighted by atomic mass is 10.1. The van der Waals surface area contributed by atoms with Crippen LogP contribution in [0.15, 0.2) is 18.3 Å². The molecule has 1 heterocycles. The van der Waals surface area contributed by atoms with Gasteiger partial charge < -0.3 is 15.3 Å². The molecular formula is C13H20ClN3O2. The number of carbonyl (C=O) groups excluding carboxylic acids is 1. The lowest BCUT2D eigenvalue weighted by Crippen LogP contribution is -2.45. The first kappa shape index (κ1) is 15.7. The van der Waals surface area contributed by atoms with Gasteiger partial charge in [-0.2, -0.15) is 0 Å². The van der Waals surface area contributed by atoms with E-state index in [1.54, 1.807) is 24.1 Å². The maximum absolute atomic E-state index is 11.8. The van der Waals surface area contributed by atoms with Crippen LogP contribution in [0.1, 0.15) is 13.8 Å². The highest BCUT2D eigenvalue weighted by Gasteiger charge is 2.16. The van der Waals surface area contributed by atoms with Gasteiger partial charge in [0, 0.05) is 13.2 Å². The zero-order valence-electron chi connectivity index (χ0n) is 11.4. The fourth-order valence-corrected chi connectivity index (χ4v) is 1.68. The van der Waals surface area contributed by atoms with Crippen LogP contribution in [0.2, 0.25) is 5.02 Å². The molecule has 6 heteroatoms. The molecule has 0 spiro atoms. The Balaban J connectivity index is 2.54. The van der Waals surface area contributed by atoms with Crippen LogP contribution < -0.4 is 10.2 Å². The number of halogens is 1. The van der Waals surface area contributed by atoms with E-state index in [9.17, 15) is 9.90 Å². The van der Waals surface area contributed by atoms with Crippen LogP contribution in [0.3, 0.4) is 0 Å². The average Bonchev–Trinajstić information content (AvgIpc) is 2.36. The van der Waals surface area contributed by atoms with Gasteiger partial charge in [0.1, 0.15) is 5.82 Å². The van der Waals surface area contributed by atoms with Crippen LogP contribution in [0.4, 0.5) is 5.82 Å². The first-order valence-electron chi connectivity index (χ1n) is 6.17. The van der Waals surface area contributed by atoms with Crippen LogP contribution >= 0.6 is 11.6 Å². The summed E-state index contributed by atoms with van der Waals surface area (Å²) in [6.07, 6.45) is 1.54. The number of nitrogens with one attached hydrogen (secondary N) is 1. The van der Waals surface area contributed by atoms with Gasteiger partial charge in [-0.3, -0.25) is 4.79 Å². The van der Waals surface area contributed by atoms with Crippen molar-refractivity contribution < 1.29 is 9.90 Å². The third kappa shape index (κ3) is 5.04. The Hall–Kier alpha value is -1.33. The topological polar surface area (TPSA) is 65.5 Å². The Morgan fingerprint density at radius 3 is 2.68 bits per heavy atom. The molecule has 0 saturated carbocycles. The molecule has 1 aromatic heterocycles. The molecule has 1 amide bonds. The van der Waals surface area contributed by atoms with E-state index in [2.05, 4.69) is 10.3 Å². The Morgan fingerprint density at radius 2 is 2.21 bits per heavy atom. The van der Waals surface area contributed by atoms with Crippen molar-refractivity contribution in [3.8, 4) is 0 Å². The van der Waals surface area contributed by atoms with Gasteiger partial charge in [0.05, 0.1) is 24.2 Å². The Morgan fingerprint density at radius 1 is 1.53 bits per heavy atom. The molecule has 0 unspecified atom stereocenters. The van der Waals surface area contributed by atoms with Gasteiger partial charge in [-0.25, -0.2) is 4.98 Å². The zero-order chi connectivity index (χ0) is 14.4. The standard InChI is InChI=1S/C13H20ClN3O2/c1-9(2)11(8-18)16-13(19)7-17(3)12-5-4-10(14)6-15-12/h4-6,9,11,18H,7-8H2,1-3H3,(H,16,19)/t11-/m1/s1. The highest BCUT2D eigenvalue weighted by atomic mass is 35.5. The molecule has 0 aliphatic heterocycles. The molecule has 0 fully saturated rings. The van der Waals surface area contributed by atoms with E-state index in [-0.39, 0.29) is 31.0 Å². The summed E-state index contributed by atoms with van der Waals surface area (Å²) in [4.78, 5) is 17.7. The number of amides is 1. The number of nitrogens with zero attached hydrogens (tertiary/aromatic N) is 2. The number of rotatable bonds is 6. The lowest BCUT2D eigenvalue weighted by Gasteiger charge is -2.23. The summed E-state index contributed by atoms with van der Waals surface area (Å²) in [7, 11) is 1.78. The van der Waals surface area contributed by atoms with Gasteiger partial charge >= 0.3 is 0 Å². The Kier molecular flexibility index (Phi) is 6.05. The predicted molar refractivity (Wildman–Crippen MR) is 76.4 cm³/mol. The molecule has 0 aliphatic rings. The van der Waals surface area contributed by atoms with Gasteiger partial charge in [0.15, 0.2) is 0 Å². The van der Waals surface area contributed by atoms with Crippen molar-refractivity contribution in [1.82, 2.24) is 10.3 Å². The minimum Gasteiger partial charge on any atom is -0.394 e. The molecule has 2 N–H and O–H groups in total. The van der Waals surface area contributed by atoms with E-state index in [1.807, 2.05) is 13.8 Å². The number of aliphatic hydroxyl groups is 1. The third-order valence-corrected chi connectivity index (χ3v) is 3.06. The number of carbonyl (C=O) groups is 1. The van der Waals surface area contributed by atoms with Crippen molar-refractivity contribution >= 4 is 23.3 Å². The first-order chi connectivity index (χ1) is 8.93. The minimum atomic E-state index is -0.223. The zero-order valence-corrected chi connectivity index (χ0v) is 12.2. The second-order valence-corrected chi connectivity index (χ2v) is 5.23. The van der Waals surface area contributed by atoms with Crippen molar-refractivity contribution in [1.29, 1.82) is 0 Å².